The van der Waals surface area contributed by atoms with E-state index in [1.54, 1.807) is 0 Å². The number of piperazine rings is 1. The van der Waals surface area contributed by atoms with Crippen LogP contribution in [0, 0.1) is 11.8 Å². The topological polar surface area (TPSA) is 60.4 Å². The molecule has 0 amide bonds. The number of unbranched alkanes of at least 4 members (excludes halogenated alkanes) is 1. The van der Waals surface area contributed by atoms with Crippen molar-refractivity contribution in [1.29, 1.82) is 0 Å². The van der Waals surface area contributed by atoms with E-state index in [1.807, 2.05) is 0 Å². The minimum Gasteiger partial charge on any atom is -0.469 e. The molecule has 28 heavy (non-hydrogen) atoms. The average Bonchev–Trinajstić information content (AvgIpc) is 3.08. The fourth-order valence-electron chi connectivity index (χ4n) is 3.99. The molecule has 0 saturated carbocycles. The molecule has 2 fully saturated rings. The largest absolute Gasteiger partial charge is 0.469 e. The first-order valence-corrected chi connectivity index (χ1v) is 10.6. The summed E-state index contributed by atoms with van der Waals surface area (Å²) in [6, 6.07) is 0. The Labute approximate surface area is 188 Å². The number of ether oxygens (including phenoxy) is 1. The maximum Gasteiger partial charge on any atom is 0.310 e. The molecule has 1 N–H and O–H groups in total. The van der Waals surface area contributed by atoms with Crippen LogP contribution in [0.3, 0.4) is 0 Å². The summed E-state index contributed by atoms with van der Waals surface area (Å²) in [4.78, 5) is 24.0. The summed E-state index contributed by atoms with van der Waals surface area (Å²) in [7, 11) is 1.47. The normalized spacial score (nSPS) is 24.1. The summed E-state index contributed by atoms with van der Waals surface area (Å²) in [5.41, 5.74) is 0. The van der Waals surface area contributed by atoms with E-state index in [9.17, 15) is 4.79 Å². The van der Waals surface area contributed by atoms with E-state index in [-0.39, 0.29) is 35.9 Å². The third-order valence-corrected chi connectivity index (χ3v) is 5.81. The van der Waals surface area contributed by atoms with Crippen molar-refractivity contribution < 1.29 is 9.53 Å². The van der Waals surface area contributed by atoms with Crippen molar-refractivity contribution in [3.05, 3.63) is 0 Å². The van der Waals surface area contributed by atoms with Gasteiger partial charge in [-0.15, -0.1) is 24.0 Å². The molecule has 7 nitrogen and oxygen atoms in total. The number of hydrogen-bond acceptors (Lipinski definition) is 5. The van der Waals surface area contributed by atoms with E-state index in [2.05, 4.69) is 40.8 Å². The van der Waals surface area contributed by atoms with Crippen molar-refractivity contribution in [3.63, 3.8) is 0 Å². The van der Waals surface area contributed by atoms with Crippen LogP contribution < -0.4 is 5.32 Å². The Morgan fingerprint density at radius 1 is 1.11 bits per heavy atom. The standard InChI is InChI=1S/C20H39N5O2.HI/c1-5-21-20(25-15-17(3)18(16-25)19(26)27-4)22-9-7-8-10-24-13-11-23(6-2)12-14-24;/h17-18H,5-16H2,1-4H3,(H,21,22);1H. The summed E-state index contributed by atoms with van der Waals surface area (Å²) < 4.78 is 4.94. The first kappa shape index (κ1) is 25.4. The predicted octanol–water partition coefficient (Wildman–Crippen LogP) is 1.73. The number of likely N-dealkylation sites (tertiary alicyclic amines) is 1. The van der Waals surface area contributed by atoms with Crippen molar-refractivity contribution in [1.82, 2.24) is 20.0 Å². The van der Waals surface area contributed by atoms with Crippen LogP contribution in [0.2, 0.25) is 0 Å². The van der Waals surface area contributed by atoms with Crippen LogP contribution in [0.1, 0.15) is 33.6 Å². The third-order valence-electron chi connectivity index (χ3n) is 5.81. The third kappa shape index (κ3) is 7.67. The number of halogens is 1. The highest BCUT2D eigenvalue weighted by atomic mass is 127. The molecule has 8 heteroatoms. The smallest absolute Gasteiger partial charge is 0.310 e. The Kier molecular flexibility index (Phi) is 12.3. The number of carbonyl (C=O) groups is 1. The van der Waals surface area contributed by atoms with Gasteiger partial charge < -0.3 is 24.8 Å². The van der Waals surface area contributed by atoms with E-state index in [0.29, 0.717) is 12.5 Å². The lowest BCUT2D eigenvalue weighted by Crippen LogP contribution is -2.46. The van der Waals surface area contributed by atoms with Crippen LogP contribution in [0.4, 0.5) is 0 Å². The van der Waals surface area contributed by atoms with Gasteiger partial charge in [-0.2, -0.15) is 0 Å². The number of rotatable bonds is 8. The lowest BCUT2D eigenvalue weighted by atomic mass is 9.99. The van der Waals surface area contributed by atoms with E-state index in [1.165, 1.54) is 52.8 Å². The molecule has 2 atom stereocenters. The van der Waals surface area contributed by atoms with Crippen molar-refractivity contribution in [3.8, 4) is 0 Å². The number of methoxy groups -OCH3 is 1. The summed E-state index contributed by atoms with van der Waals surface area (Å²) in [5, 5.41) is 3.38. The Morgan fingerprint density at radius 2 is 1.79 bits per heavy atom. The Balaban J connectivity index is 0.00000392. The van der Waals surface area contributed by atoms with Gasteiger partial charge in [0.2, 0.25) is 0 Å². The number of nitrogens with zero attached hydrogens (tertiary/aromatic N) is 4. The quantitative estimate of drug-likeness (QED) is 0.177. The molecule has 2 rings (SSSR count). The number of nitrogens with one attached hydrogen (secondary N) is 1. The lowest BCUT2D eigenvalue weighted by Gasteiger charge is -2.33. The fraction of sp³-hybridized carbons (Fsp3) is 0.900. The van der Waals surface area contributed by atoms with Crippen LogP contribution in [0.5, 0.6) is 0 Å². The van der Waals surface area contributed by atoms with E-state index in [4.69, 9.17) is 9.73 Å². The van der Waals surface area contributed by atoms with Crippen LogP contribution >= 0.6 is 24.0 Å². The highest BCUT2D eigenvalue weighted by Gasteiger charge is 2.36. The van der Waals surface area contributed by atoms with E-state index < -0.39 is 0 Å². The van der Waals surface area contributed by atoms with Gasteiger partial charge in [0, 0.05) is 52.4 Å². The van der Waals surface area contributed by atoms with Gasteiger partial charge in [0.25, 0.3) is 0 Å². The highest BCUT2D eigenvalue weighted by molar-refractivity contribution is 14.0. The molecule has 0 aromatic carbocycles. The Bertz CT molecular complexity index is 483. The molecule has 0 aromatic heterocycles. The van der Waals surface area contributed by atoms with Crippen LogP contribution in [-0.2, 0) is 9.53 Å². The van der Waals surface area contributed by atoms with Gasteiger partial charge in [0.05, 0.1) is 13.0 Å². The molecule has 0 aromatic rings. The van der Waals surface area contributed by atoms with Crippen molar-refractivity contribution in [2.75, 3.05) is 72.6 Å². The van der Waals surface area contributed by atoms with Crippen LogP contribution in [0.15, 0.2) is 4.99 Å². The zero-order valence-corrected chi connectivity index (χ0v) is 20.5. The average molecular weight is 509 g/mol. The lowest BCUT2D eigenvalue weighted by molar-refractivity contribution is -0.145. The Morgan fingerprint density at radius 3 is 2.39 bits per heavy atom. The molecule has 0 aliphatic carbocycles. The number of hydrogen-bond donors (Lipinski definition) is 1. The molecule has 0 spiro atoms. The molecule has 0 radical (unpaired) electrons. The Hall–Kier alpha value is -0.610. The summed E-state index contributed by atoms with van der Waals surface area (Å²) in [5.74, 6) is 1.07. The first-order chi connectivity index (χ1) is 13.1. The summed E-state index contributed by atoms with van der Waals surface area (Å²) in [6.45, 7) is 16.8. The molecule has 2 heterocycles. The van der Waals surface area contributed by atoms with E-state index >= 15 is 0 Å². The second-order valence-corrected chi connectivity index (χ2v) is 7.73. The van der Waals surface area contributed by atoms with Gasteiger partial charge >= 0.3 is 5.97 Å². The van der Waals surface area contributed by atoms with Crippen molar-refractivity contribution in [2.45, 2.75) is 33.6 Å². The number of guanidine groups is 1. The maximum atomic E-state index is 11.9. The fourth-order valence-corrected chi connectivity index (χ4v) is 3.99. The molecule has 0 bridgehead atoms. The molecule has 2 aliphatic rings. The minimum absolute atomic E-state index is 0. The maximum absolute atomic E-state index is 11.9. The number of likely N-dealkylation sites (N-methyl/N-ethyl adjacent to an activating group) is 1. The number of carbonyl (C=O) groups excluding carboxylic acids is 1. The van der Waals surface area contributed by atoms with Gasteiger partial charge in [-0.1, -0.05) is 13.8 Å². The monoisotopic (exact) mass is 509 g/mol. The van der Waals surface area contributed by atoms with Crippen LogP contribution in [0.25, 0.3) is 0 Å². The van der Waals surface area contributed by atoms with Gasteiger partial charge in [-0.05, 0) is 38.8 Å². The van der Waals surface area contributed by atoms with Gasteiger partial charge in [0.1, 0.15) is 0 Å². The van der Waals surface area contributed by atoms with Crippen molar-refractivity contribution in [2.24, 2.45) is 16.8 Å². The zero-order valence-electron chi connectivity index (χ0n) is 18.2. The van der Waals surface area contributed by atoms with Crippen LogP contribution in [-0.4, -0.2) is 99.2 Å². The number of esters is 1. The first-order valence-electron chi connectivity index (χ1n) is 10.6. The molecule has 2 unspecified atom stereocenters. The zero-order chi connectivity index (χ0) is 19.6. The van der Waals surface area contributed by atoms with E-state index in [0.717, 1.165) is 32.0 Å². The molecular formula is C20H40IN5O2. The molecule has 164 valence electrons. The summed E-state index contributed by atoms with van der Waals surface area (Å²) in [6.07, 6.45) is 2.29. The highest BCUT2D eigenvalue weighted by Crippen LogP contribution is 2.24. The number of aliphatic imine (C=N–C) groups is 1. The van der Waals surface area contributed by atoms with Gasteiger partial charge in [0.15, 0.2) is 5.96 Å². The van der Waals surface area contributed by atoms with Gasteiger partial charge in [-0.25, -0.2) is 0 Å². The van der Waals surface area contributed by atoms with Gasteiger partial charge in [-0.3, -0.25) is 9.79 Å². The predicted molar refractivity (Wildman–Crippen MR) is 125 cm³/mol. The second-order valence-electron chi connectivity index (χ2n) is 7.73. The summed E-state index contributed by atoms with van der Waals surface area (Å²) >= 11 is 0. The SMILES string of the molecule is CCNC(=NCCCCN1CCN(CC)CC1)N1CC(C)C(C(=O)OC)C1.I. The molecule has 2 aliphatic heterocycles. The van der Waals surface area contributed by atoms with Crippen molar-refractivity contribution >= 4 is 35.9 Å². The second kappa shape index (κ2) is 13.6. The molecular weight excluding hydrogens is 469 g/mol. The minimum atomic E-state index is -0.107. The molecule has 2 saturated heterocycles.